The summed E-state index contributed by atoms with van der Waals surface area (Å²) in [6.07, 6.45) is 1.71. The van der Waals surface area contributed by atoms with Gasteiger partial charge in [-0.15, -0.1) is 0 Å². The van der Waals surface area contributed by atoms with Gasteiger partial charge in [-0.1, -0.05) is 11.6 Å². The van der Waals surface area contributed by atoms with Gasteiger partial charge in [0.15, 0.2) is 0 Å². The molecule has 1 atom stereocenters. The summed E-state index contributed by atoms with van der Waals surface area (Å²) in [7, 11) is 1.75. The zero-order chi connectivity index (χ0) is 12.4. The molecule has 17 heavy (non-hydrogen) atoms. The van der Waals surface area contributed by atoms with Crippen molar-refractivity contribution in [2.24, 2.45) is 0 Å². The van der Waals surface area contributed by atoms with Crippen molar-refractivity contribution >= 4 is 23.2 Å². The maximum absolute atomic E-state index is 13.3. The average Bonchev–Trinajstić information content (AvgIpc) is 2.28. The fourth-order valence-electron chi connectivity index (χ4n) is 2.09. The van der Waals surface area contributed by atoms with E-state index >= 15 is 0 Å². The van der Waals surface area contributed by atoms with Crippen molar-refractivity contribution in [1.82, 2.24) is 5.32 Å². The first kappa shape index (κ1) is 12.3. The van der Waals surface area contributed by atoms with Crippen LogP contribution in [-0.2, 0) is 4.79 Å². The second kappa shape index (κ2) is 5.02. The van der Waals surface area contributed by atoms with Gasteiger partial charge in [-0.25, -0.2) is 4.39 Å². The Balaban J connectivity index is 2.29. The van der Waals surface area contributed by atoms with E-state index in [2.05, 4.69) is 5.32 Å². The summed E-state index contributed by atoms with van der Waals surface area (Å²) in [5.41, 5.74) is 0.528. The highest BCUT2D eigenvalue weighted by molar-refractivity contribution is 6.31. The van der Waals surface area contributed by atoms with Gasteiger partial charge in [0.2, 0.25) is 5.91 Å². The fraction of sp³-hybridized carbons (Fsp3) is 0.417. The lowest BCUT2D eigenvalue weighted by atomic mass is 10.0. The lowest BCUT2D eigenvalue weighted by Gasteiger charge is -2.32. The van der Waals surface area contributed by atoms with Crippen molar-refractivity contribution in [1.29, 1.82) is 0 Å². The summed E-state index contributed by atoms with van der Waals surface area (Å²) >= 11 is 5.79. The molecule has 0 radical (unpaired) electrons. The van der Waals surface area contributed by atoms with Gasteiger partial charge >= 0.3 is 0 Å². The second-order valence-corrected chi connectivity index (χ2v) is 4.54. The zero-order valence-corrected chi connectivity index (χ0v) is 10.3. The lowest BCUT2D eigenvalue weighted by molar-refractivity contribution is -0.121. The Bertz CT molecular complexity index is 418. The molecule has 0 aromatic heterocycles. The van der Waals surface area contributed by atoms with Crippen LogP contribution in [0.25, 0.3) is 0 Å². The Morgan fingerprint density at radius 3 is 2.88 bits per heavy atom. The van der Waals surface area contributed by atoms with E-state index in [9.17, 15) is 9.18 Å². The van der Waals surface area contributed by atoms with Crippen LogP contribution in [0.4, 0.5) is 10.1 Å². The molecule has 0 saturated carbocycles. The molecule has 1 amide bonds. The molecule has 1 saturated heterocycles. The number of piperidine rings is 1. The number of nitrogens with one attached hydrogen (secondary N) is 1. The normalized spacial score (nSPS) is 20.8. The van der Waals surface area contributed by atoms with Crippen molar-refractivity contribution in [3.8, 4) is 0 Å². The summed E-state index contributed by atoms with van der Waals surface area (Å²) in [5, 5.41) is 3.27. The van der Waals surface area contributed by atoms with E-state index in [-0.39, 0.29) is 11.9 Å². The number of hydrogen-bond donors (Lipinski definition) is 1. The molecule has 0 spiro atoms. The van der Waals surface area contributed by atoms with Gasteiger partial charge in [0.1, 0.15) is 5.82 Å². The SMILES string of the molecule is CNC1CCCN(c2cc(F)cc(Cl)c2)C1=O. The van der Waals surface area contributed by atoms with E-state index in [1.165, 1.54) is 12.1 Å². The monoisotopic (exact) mass is 256 g/mol. The molecule has 0 bridgehead atoms. The van der Waals surface area contributed by atoms with Gasteiger partial charge < -0.3 is 10.2 Å². The number of anilines is 1. The zero-order valence-electron chi connectivity index (χ0n) is 9.54. The van der Waals surface area contributed by atoms with Crippen LogP contribution in [0.3, 0.4) is 0 Å². The Morgan fingerprint density at radius 2 is 2.24 bits per heavy atom. The minimum absolute atomic E-state index is 0.0274. The summed E-state index contributed by atoms with van der Waals surface area (Å²) in [6, 6.07) is 3.99. The summed E-state index contributed by atoms with van der Waals surface area (Å²) in [6.45, 7) is 0.608. The van der Waals surface area contributed by atoms with Crippen LogP contribution in [0.5, 0.6) is 0 Å². The molecule has 1 heterocycles. The van der Waals surface area contributed by atoms with Crippen LogP contribution < -0.4 is 10.2 Å². The molecule has 1 fully saturated rings. The third-order valence-corrected chi connectivity index (χ3v) is 3.16. The highest BCUT2D eigenvalue weighted by Crippen LogP contribution is 2.25. The molecule has 5 heteroatoms. The number of carbonyl (C=O) groups is 1. The lowest BCUT2D eigenvalue weighted by Crippen LogP contribution is -2.49. The van der Waals surface area contributed by atoms with Gasteiger partial charge in [0.25, 0.3) is 0 Å². The summed E-state index contributed by atoms with van der Waals surface area (Å²) in [5.74, 6) is -0.452. The molecule has 92 valence electrons. The molecule has 0 aliphatic carbocycles. The number of halogens is 2. The van der Waals surface area contributed by atoms with Crippen LogP contribution >= 0.6 is 11.6 Å². The third kappa shape index (κ3) is 2.58. The minimum atomic E-state index is -0.424. The van der Waals surface area contributed by atoms with Crippen LogP contribution in [0.1, 0.15) is 12.8 Å². The van der Waals surface area contributed by atoms with E-state index in [0.717, 1.165) is 12.8 Å². The topological polar surface area (TPSA) is 32.3 Å². The Labute approximate surface area is 105 Å². The van der Waals surface area contributed by atoms with Gasteiger partial charge in [0, 0.05) is 17.3 Å². The predicted molar refractivity (Wildman–Crippen MR) is 65.8 cm³/mol. The predicted octanol–water partition coefficient (Wildman–Crippen LogP) is 2.19. The first-order valence-corrected chi connectivity index (χ1v) is 5.94. The Kier molecular flexibility index (Phi) is 3.64. The molecular weight excluding hydrogens is 243 g/mol. The van der Waals surface area contributed by atoms with Crippen LogP contribution in [0, 0.1) is 5.82 Å². The van der Waals surface area contributed by atoms with E-state index in [1.54, 1.807) is 18.0 Å². The molecule has 1 N–H and O–H groups in total. The van der Waals surface area contributed by atoms with Gasteiger partial charge in [-0.2, -0.15) is 0 Å². The van der Waals surface area contributed by atoms with Crippen LogP contribution in [0.2, 0.25) is 5.02 Å². The molecular formula is C12H14ClFN2O. The first-order chi connectivity index (χ1) is 8.11. The number of amides is 1. The van der Waals surface area contributed by atoms with E-state index in [0.29, 0.717) is 17.3 Å². The number of nitrogens with zero attached hydrogens (tertiary/aromatic N) is 1. The largest absolute Gasteiger partial charge is 0.311 e. The van der Waals surface area contributed by atoms with E-state index in [4.69, 9.17) is 11.6 Å². The maximum atomic E-state index is 13.3. The summed E-state index contributed by atoms with van der Waals surface area (Å²) < 4.78 is 13.3. The number of rotatable bonds is 2. The van der Waals surface area contributed by atoms with Crippen molar-refractivity contribution < 1.29 is 9.18 Å². The van der Waals surface area contributed by atoms with Gasteiger partial charge in [-0.3, -0.25) is 4.79 Å². The molecule has 1 aliphatic rings. The number of hydrogen-bond acceptors (Lipinski definition) is 2. The Morgan fingerprint density at radius 1 is 1.47 bits per heavy atom. The number of likely N-dealkylation sites (N-methyl/N-ethyl adjacent to an activating group) is 1. The molecule has 1 unspecified atom stereocenters. The molecule has 1 aromatic carbocycles. The smallest absolute Gasteiger partial charge is 0.244 e. The number of benzene rings is 1. The highest BCUT2D eigenvalue weighted by Gasteiger charge is 2.28. The van der Waals surface area contributed by atoms with Gasteiger partial charge in [0.05, 0.1) is 6.04 Å². The standard InChI is InChI=1S/C12H14ClFN2O/c1-15-11-3-2-4-16(12(11)17)10-6-8(13)5-9(14)7-10/h5-7,11,15H,2-4H2,1H3. The second-order valence-electron chi connectivity index (χ2n) is 4.10. The van der Waals surface area contributed by atoms with Crippen LogP contribution in [0.15, 0.2) is 18.2 Å². The maximum Gasteiger partial charge on any atom is 0.244 e. The third-order valence-electron chi connectivity index (χ3n) is 2.95. The molecule has 3 nitrogen and oxygen atoms in total. The van der Waals surface area contributed by atoms with Crippen molar-refractivity contribution in [3.05, 3.63) is 29.0 Å². The molecule has 1 aliphatic heterocycles. The van der Waals surface area contributed by atoms with Crippen molar-refractivity contribution in [2.75, 3.05) is 18.5 Å². The fourth-order valence-corrected chi connectivity index (χ4v) is 2.31. The van der Waals surface area contributed by atoms with Crippen molar-refractivity contribution in [3.63, 3.8) is 0 Å². The van der Waals surface area contributed by atoms with Crippen molar-refractivity contribution in [2.45, 2.75) is 18.9 Å². The average molecular weight is 257 g/mol. The van der Waals surface area contributed by atoms with E-state index < -0.39 is 5.82 Å². The Hall–Kier alpha value is -1.13. The summed E-state index contributed by atoms with van der Waals surface area (Å²) in [4.78, 5) is 13.7. The highest BCUT2D eigenvalue weighted by atomic mass is 35.5. The first-order valence-electron chi connectivity index (χ1n) is 5.56. The molecule has 1 aromatic rings. The van der Waals surface area contributed by atoms with E-state index in [1.807, 2.05) is 0 Å². The quantitative estimate of drug-likeness (QED) is 0.880. The van der Waals surface area contributed by atoms with Gasteiger partial charge in [-0.05, 0) is 38.1 Å². The van der Waals surface area contributed by atoms with Crippen LogP contribution in [-0.4, -0.2) is 25.5 Å². The number of carbonyl (C=O) groups excluding carboxylic acids is 1. The molecule has 2 rings (SSSR count). The minimum Gasteiger partial charge on any atom is -0.311 e.